The molecule has 1 aromatic heterocycles. The molecule has 118 valence electrons. The molecular formula is C20H12N4S. The molecule has 7 rings (SSSR count). The van der Waals surface area contributed by atoms with E-state index >= 15 is 0 Å². The summed E-state index contributed by atoms with van der Waals surface area (Å²) >= 11 is 1.72. The van der Waals surface area contributed by atoms with Gasteiger partial charge in [0.2, 0.25) is 5.66 Å². The zero-order valence-electron chi connectivity index (χ0n) is 13.1. The summed E-state index contributed by atoms with van der Waals surface area (Å²) in [5.74, 6) is 0. The van der Waals surface area contributed by atoms with E-state index in [2.05, 4.69) is 70.6 Å². The SMILES string of the molecule is c1cc2cc(c1)C21N=c2ccc(Sc3ccc4[nH]cnc4c3)cc2=N1. The highest BCUT2D eigenvalue weighted by Crippen LogP contribution is 2.44. The van der Waals surface area contributed by atoms with Crippen molar-refractivity contribution in [3.63, 3.8) is 0 Å². The van der Waals surface area contributed by atoms with Crippen LogP contribution in [-0.2, 0) is 5.66 Å². The fourth-order valence-corrected chi connectivity index (χ4v) is 4.42. The van der Waals surface area contributed by atoms with Gasteiger partial charge in [0.15, 0.2) is 0 Å². The van der Waals surface area contributed by atoms with E-state index in [4.69, 9.17) is 9.98 Å². The van der Waals surface area contributed by atoms with Crippen LogP contribution in [0.15, 0.2) is 86.8 Å². The van der Waals surface area contributed by atoms with Gasteiger partial charge in [0, 0.05) is 20.9 Å². The molecule has 0 atom stereocenters. The normalized spacial score (nSPS) is 15.5. The fraction of sp³-hybridized carbons (Fsp3) is 0.0500. The van der Waals surface area contributed by atoms with Gasteiger partial charge in [-0.1, -0.05) is 30.0 Å². The first kappa shape index (κ1) is 13.4. The summed E-state index contributed by atoms with van der Waals surface area (Å²) < 4.78 is 0. The van der Waals surface area contributed by atoms with Crippen molar-refractivity contribution in [1.82, 2.24) is 9.97 Å². The first-order valence-electron chi connectivity index (χ1n) is 8.12. The Hall–Kier alpha value is -2.92. The molecule has 0 amide bonds. The maximum Gasteiger partial charge on any atom is 0.202 e. The molecule has 25 heavy (non-hydrogen) atoms. The minimum absolute atomic E-state index is 0.464. The average molecular weight is 340 g/mol. The van der Waals surface area contributed by atoms with Crippen LogP contribution in [0.1, 0.15) is 11.1 Å². The molecular weight excluding hydrogens is 328 g/mol. The molecule has 2 heterocycles. The van der Waals surface area contributed by atoms with Crippen molar-refractivity contribution in [1.29, 1.82) is 0 Å². The average Bonchev–Trinajstić information content (AvgIpc) is 3.27. The largest absolute Gasteiger partial charge is 0.345 e. The van der Waals surface area contributed by atoms with E-state index in [0.717, 1.165) is 31.5 Å². The number of H-pyrrole nitrogens is 1. The van der Waals surface area contributed by atoms with Crippen molar-refractivity contribution in [3.8, 4) is 0 Å². The quantitative estimate of drug-likeness (QED) is 0.609. The lowest BCUT2D eigenvalue weighted by molar-refractivity contribution is 0.530. The highest BCUT2D eigenvalue weighted by Gasteiger charge is 2.42. The van der Waals surface area contributed by atoms with Gasteiger partial charge in [0.05, 0.1) is 28.1 Å². The number of benzene rings is 3. The first-order valence-corrected chi connectivity index (χ1v) is 8.94. The van der Waals surface area contributed by atoms with Crippen LogP contribution in [0.2, 0.25) is 0 Å². The monoisotopic (exact) mass is 340 g/mol. The molecule has 0 unspecified atom stereocenters. The van der Waals surface area contributed by atoms with E-state index in [9.17, 15) is 0 Å². The molecule has 2 aliphatic carbocycles. The Morgan fingerprint density at radius 1 is 0.800 bits per heavy atom. The Labute approximate surface area is 147 Å². The lowest BCUT2D eigenvalue weighted by Crippen LogP contribution is -2.29. The summed E-state index contributed by atoms with van der Waals surface area (Å²) in [6.45, 7) is 0. The van der Waals surface area contributed by atoms with Gasteiger partial charge in [-0.15, -0.1) is 0 Å². The lowest BCUT2D eigenvalue weighted by Gasteiger charge is -2.32. The van der Waals surface area contributed by atoms with Crippen LogP contribution in [0.4, 0.5) is 0 Å². The summed E-state index contributed by atoms with van der Waals surface area (Å²) in [5.41, 5.74) is 3.94. The van der Waals surface area contributed by atoms with Crippen molar-refractivity contribution in [2.24, 2.45) is 9.98 Å². The summed E-state index contributed by atoms with van der Waals surface area (Å²) in [6, 6.07) is 21.0. The fourth-order valence-electron chi connectivity index (χ4n) is 3.54. The third-order valence-electron chi connectivity index (χ3n) is 4.81. The van der Waals surface area contributed by atoms with Crippen molar-refractivity contribution in [2.45, 2.75) is 15.5 Å². The molecule has 0 radical (unpaired) electrons. The Bertz CT molecular complexity index is 1260. The van der Waals surface area contributed by atoms with E-state index in [-0.39, 0.29) is 0 Å². The maximum atomic E-state index is 4.93. The Kier molecular flexibility index (Phi) is 2.45. The molecule has 3 aromatic carbocycles. The smallest absolute Gasteiger partial charge is 0.202 e. The molecule has 1 aliphatic heterocycles. The second-order valence-corrected chi connectivity index (χ2v) is 7.46. The number of fused-ring (bicyclic) bond motifs is 4. The van der Waals surface area contributed by atoms with Crippen LogP contribution in [-0.4, -0.2) is 9.97 Å². The minimum atomic E-state index is -0.464. The van der Waals surface area contributed by atoms with Gasteiger partial charge in [-0.2, -0.15) is 0 Å². The maximum absolute atomic E-state index is 4.93. The molecule has 1 N–H and O–H groups in total. The Morgan fingerprint density at radius 2 is 1.60 bits per heavy atom. The zero-order valence-corrected chi connectivity index (χ0v) is 13.9. The topological polar surface area (TPSA) is 53.4 Å². The van der Waals surface area contributed by atoms with Crippen LogP contribution in [0.5, 0.6) is 0 Å². The van der Waals surface area contributed by atoms with Crippen LogP contribution in [0, 0.1) is 0 Å². The zero-order chi connectivity index (χ0) is 16.4. The van der Waals surface area contributed by atoms with Crippen LogP contribution >= 0.6 is 11.8 Å². The van der Waals surface area contributed by atoms with Gasteiger partial charge in [-0.25, -0.2) is 15.0 Å². The molecule has 4 aromatic rings. The molecule has 0 saturated heterocycles. The number of hydrogen-bond acceptors (Lipinski definition) is 4. The second-order valence-electron chi connectivity index (χ2n) is 6.31. The van der Waals surface area contributed by atoms with Crippen molar-refractivity contribution >= 4 is 22.8 Å². The number of nitrogens with one attached hydrogen (secondary N) is 1. The molecule has 2 bridgehead atoms. The van der Waals surface area contributed by atoms with Crippen LogP contribution < -0.4 is 10.7 Å². The lowest BCUT2D eigenvalue weighted by atomic mass is 9.81. The van der Waals surface area contributed by atoms with E-state index in [1.165, 1.54) is 11.1 Å². The van der Waals surface area contributed by atoms with Crippen LogP contribution in [0.3, 0.4) is 0 Å². The number of aromatic amines is 1. The standard InChI is InChI=1S/C20H12N4S/c1-2-12-8-13(3-1)20(12)23-17-7-5-15(10-19(17)24-20)25-14-4-6-16-18(9-14)22-11-21-16/h1-11H,(H,21,22). The second kappa shape index (κ2) is 4.58. The number of rotatable bonds is 2. The van der Waals surface area contributed by atoms with E-state index < -0.39 is 5.66 Å². The van der Waals surface area contributed by atoms with Crippen molar-refractivity contribution in [2.75, 3.05) is 0 Å². The predicted molar refractivity (Wildman–Crippen MR) is 96.2 cm³/mol. The molecule has 0 saturated carbocycles. The van der Waals surface area contributed by atoms with E-state index in [1.54, 1.807) is 18.1 Å². The minimum Gasteiger partial charge on any atom is -0.345 e. The number of aromatic nitrogens is 2. The molecule has 4 nitrogen and oxygen atoms in total. The third-order valence-corrected chi connectivity index (χ3v) is 5.79. The molecule has 3 aliphatic rings. The number of hydrogen-bond donors (Lipinski definition) is 1. The summed E-state index contributed by atoms with van der Waals surface area (Å²) in [5, 5.41) is 1.94. The van der Waals surface area contributed by atoms with E-state index in [0.29, 0.717) is 0 Å². The summed E-state index contributed by atoms with van der Waals surface area (Å²) in [6.07, 6.45) is 1.72. The molecule has 0 fully saturated rings. The van der Waals surface area contributed by atoms with Gasteiger partial charge >= 0.3 is 0 Å². The van der Waals surface area contributed by atoms with Gasteiger partial charge in [0.1, 0.15) is 0 Å². The molecule has 1 spiro atoms. The first-order chi connectivity index (χ1) is 12.3. The highest BCUT2D eigenvalue weighted by atomic mass is 32.2. The number of imidazole rings is 1. The van der Waals surface area contributed by atoms with Gasteiger partial charge in [0.25, 0.3) is 0 Å². The third kappa shape index (κ3) is 1.81. The summed E-state index contributed by atoms with van der Waals surface area (Å²) in [4.78, 5) is 19.6. The van der Waals surface area contributed by atoms with Crippen molar-refractivity contribution < 1.29 is 0 Å². The van der Waals surface area contributed by atoms with Crippen LogP contribution in [0.25, 0.3) is 11.0 Å². The van der Waals surface area contributed by atoms with Gasteiger partial charge in [-0.3, -0.25) is 0 Å². The molecule has 5 heteroatoms. The van der Waals surface area contributed by atoms with Gasteiger partial charge in [-0.05, 0) is 42.5 Å². The highest BCUT2D eigenvalue weighted by molar-refractivity contribution is 7.99. The van der Waals surface area contributed by atoms with Crippen molar-refractivity contribution in [3.05, 3.63) is 88.8 Å². The Morgan fingerprint density at radius 3 is 2.48 bits per heavy atom. The Balaban J connectivity index is 1.40. The number of nitrogens with zero attached hydrogens (tertiary/aromatic N) is 3. The van der Waals surface area contributed by atoms with E-state index in [1.807, 2.05) is 0 Å². The summed E-state index contributed by atoms with van der Waals surface area (Å²) in [7, 11) is 0. The van der Waals surface area contributed by atoms with Gasteiger partial charge < -0.3 is 4.98 Å². The predicted octanol–water partition coefficient (Wildman–Crippen LogP) is 3.18.